The van der Waals surface area contributed by atoms with Crippen molar-refractivity contribution in [3.63, 3.8) is 0 Å². The van der Waals surface area contributed by atoms with Crippen molar-refractivity contribution in [1.82, 2.24) is 19.5 Å². The highest BCUT2D eigenvalue weighted by molar-refractivity contribution is 5.78. The molecule has 1 saturated heterocycles. The van der Waals surface area contributed by atoms with Crippen molar-refractivity contribution in [3.8, 4) is 5.75 Å². The number of pyridine rings is 1. The predicted molar refractivity (Wildman–Crippen MR) is 93.5 cm³/mol. The van der Waals surface area contributed by atoms with Crippen molar-refractivity contribution < 1.29 is 9.53 Å². The van der Waals surface area contributed by atoms with Gasteiger partial charge in [0.15, 0.2) is 12.3 Å². The molecule has 128 valence electrons. The van der Waals surface area contributed by atoms with Gasteiger partial charge in [-0.2, -0.15) is 0 Å². The lowest BCUT2D eigenvalue weighted by Gasteiger charge is -2.18. The number of carbonyl (C=O) groups is 1. The minimum atomic E-state index is 0.00987. The number of nitrogens with one attached hydrogen (secondary N) is 1. The molecular formula is C18H19N5O2. The standard InChI is InChI=1S/C18H19N5O2/c24-18(12-25-15-5-2-1-3-6-15)22-10-9-14(11-22)20-16-7-4-8-17-21-19-13-23(16)17/h1-8,13-14,20H,9-12H2. The Balaban J connectivity index is 1.33. The Morgan fingerprint density at radius 2 is 2.08 bits per heavy atom. The summed E-state index contributed by atoms with van der Waals surface area (Å²) < 4.78 is 7.45. The lowest BCUT2D eigenvalue weighted by molar-refractivity contribution is -0.132. The summed E-state index contributed by atoms with van der Waals surface area (Å²) in [6.07, 6.45) is 2.58. The van der Waals surface area contributed by atoms with Gasteiger partial charge in [-0.25, -0.2) is 0 Å². The summed E-state index contributed by atoms with van der Waals surface area (Å²) in [5.41, 5.74) is 0.798. The summed E-state index contributed by atoms with van der Waals surface area (Å²) in [6.45, 7) is 1.46. The number of rotatable bonds is 5. The van der Waals surface area contributed by atoms with Crippen LogP contribution in [0.3, 0.4) is 0 Å². The van der Waals surface area contributed by atoms with Crippen molar-refractivity contribution in [2.45, 2.75) is 12.5 Å². The zero-order chi connectivity index (χ0) is 17.1. The molecule has 1 aliphatic heterocycles. The number of amides is 1. The zero-order valence-electron chi connectivity index (χ0n) is 13.7. The highest BCUT2D eigenvalue weighted by Crippen LogP contribution is 2.17. The van der Waals surface area contributed by atoms with Crippen LogP contribution in [0.4, 0.5) is 5.82 Å². The summed E-state index contributed by atoms with van der Waals surface area (Å²) in [7, 11) is 0. The van der Waals surface area contributed by atoms with Crippen LogP contribution < -0.4 is 10.1 Å². The molecule has 1 fully saturated rings. The number of ether oxygens (including phenoxy) is 1. The molecule has 0 spiro atoms. The lowest BCUT2D eigenvalue weighted by atomic mass is 10.2. The van der Waals surface area contributed by atoms with Gasteiger partial charge in [-0.15, -0.1) is 10.2 Å². The van der Waals surface area contributed by atoms with Gasteiger partial charge in [-0.1, -0.05) is 24.3 Å². The van der Waals surface area contributed by atoms with Gasteiger partial charge in [-0.05, 0) is 30.7 Å². The first kappa shape index (κ1) is 15.4. The maximum atomic E-state index is 12.3. The van der Waals surface area contributed by atoms with Crippen LogP contribution >= 0.6 is 0 Å². The maximum absolute atomic E-state index is 12.3. The predicted octanol–water partition coefficient (Wildman–Crippen LogP) is 1.82. The second kappa shape index (κ2) is 6.80. The highest BCUT2D eigenvalue weighted by Gasteiger charge is 2.26. The normalized spacial score (nSPS) is 17.0. The third-order valence-corrected chi connectivity index (χ3v) is 4.33. The van der Waals surface area contributed by atoms with Gasteiger partial charge < -0.3 is 15.0 Å². The fourth-order valence-electron chi connectivity index (χ4n) is 3.03. The third kappa shape index (κ3) is 3.40. The van der Waals surface area contributed by atoms with Crippen LogP contribution in [0.15, 0.2) is 54.9 Å². The van der Waals surface area contributed by atoms with E-state index in [0.717, 1.165) is 24.4 Å². The van der Waals surface area contributed by atoms with Crippen LogP contribution in [-0.2, 0) is 4.79 Å². The van der Waals surface area contributed by atoms with Gasteiger partial charge in [0.25, 0.3) is 5.91 Å². The molecule has 0 saturated carbocycles. The molecule has 4 rings (SSSR count). The minimum Gasteiger partial charge on any atom is -0.484 e. The highest BCUT2D eigenvalue weighted by atomic mass is 16.5. The molecule has 1 unspecified atom stereocenters. The Kier molecular flexibility index (Phi) is 4.20. The molecule has 1 amide bonds. The van der Waals surface area contributed by atoms with E-state index in [2.05, 4.69) is 15.5 Å². The van der Waals surface area contributed by atoms with Crippen molar-refractivity contribution in [3.05, 3.63) is 54.9 Å². The van der Waals surface area contributed by atoms with Crippen LogP contribution in [0.5, 0.6) is 5.75 Å². The fourth-order valence-corrected chi connectivity index (χ4v) is 3.03. The SMILES string of the molecule is O=C(COc1ccccc1)N1CCC(Nc2cccc3nncn23)C1. The Bertz CT molecular complexity index is 864. The average Bonchev–Trinajstić information content (AvgIpc) is 3.30. The number of hydrogen-bond acceptors (Lipinski definition) is 5. The molecule has 0 radical (unpaired) electrons. The van der Waals surface area contributed by atoms with E-state index in [0.29, 0.717) is 12.3 Å². The van der Waals surface area contributed by atoms with Crippen molar-refractivity contribution in [1.29, 1.82) is 0 Å². The first-order valence-electron chi connectivity index (χ1n) is 8.30. The first-order valence-corrected chi connectivity index (χ1v) is 8.30. The maximum Gasteiger partial charge on any atom is 0.260 e. The second-order valence-electron chi connectivity index (χ2n) is 6.04. The number of aromatic nitrogens is 3. The van der Waals surface area contributed by atoms with E-state index < -0.39 is 0 Å². The first-order chi connectivity index (χ1) is 12.3. The molecule has 3 heterocycles. The molecule has 2 aromatic heterocycles. The number of para-hydroxylation sites is 1. The molecular weight excluding hydrogens is 318 g/mol. The summed E-state index contributed by atoms with van der Waals surface area (Å²) in [6, 6.07) is 15.4. The van der Waals surface area contributed by atoms with Gasteiger partial charge in [-0.3, -0.25) is 9.20 Å². The van der Waals surface area contributed by atoms with Gasteiger partial charge in [0.1, 0.15) is 17.9 Å². The second-order valence-corrected chi connectivity index (χ2v) is 6.04. The Labute approximate surface area is 145 Å². The monoisotopic (exact) mass is 337 g/mol. The van der Waals surface area contributed by atoms with E-state index in [1.165, 1.54) is 0 Å². The molecule has 1 N–H and O–H groups in total. The van der Waals surface area contributed by atoms with Gasteiger partial charge >= 0.3 is 0 Å². The number of likely N-dealkylation sites (tertiary alicyclic amines) is 1. The number of anilines is 1. The Hall–Kier alpha value is -3.09. The summed E-state index contributed by atoms with van der Waals surface area (Å²) >= 11 is 0. The van der Waals surface area contributed by atoms with Gasteiger partial charge in [0.2, 0.25) is 0 Å². The molecule has 25 heavy (non-hydrogen) atoms. The van der Waals surface area contributed by atoms with Crippen LogP contribution in [0.1, 0.15) is 6.42 Å². The van der Waals surface area contributed by atoms with Crippen LogP contribution in [0, 0.1) is 0 Å². The van der Waals surface area contributed by atoms with Crippen molar-refractivity contribution in [2.75, 3.05) is 25.0 Å². The van der Waals surface area contributed by atoms with E-state index >= 15 is 0 Å². The average molecular weight is 337 g/mol. The van der Waals surface area contributed by atoms with E-state index in [1.807, 2.05) is 57.8 Å². The number of benzene rings is 1. The molecule has 1 aromatic carbocycles. The van der Waals surface area contributed by atoms with Crippen LogP contribution in [0.2, 0.25) is 0 Å². The largest absolute Gasteiger partial charge is 0.484 e. The molecule has 0 aliphatic carbocycles. The number of fused-ring (bicyclic) bond motifs is 1. The smallest absolute Gasteiger partial charge is 0.260 e. The van der Waals surface area contributed by atoms with Crippen molar-refractivity contribution >= 4 is 17.4 Å². The third-order valence-electron chi connectivity index (χ3n) is 4.33. The topological polar surface area (TPSA) is 71.8 Å². The number of hydrogen-bond donors (Lipinski definition) is 1. The summed E-state index contributed by atoms with van der Waals surface area (Å²) in [5.74, 6) is 1.65. The summed E-state index contributed by atoms with van der Waals surface area (Å²) in [5, 5.41) is 11.4. The molecule has 1 aliphatic rings. The van der Waals surface area contributed by atoms with E-state index in [-0.39, 0.29) is 18.6 Å². The van der Waals surface area contributed by atoms with E-state index in [4.69, 9.17) is 4.74 Å². The minimum absolute atomic E-state index is 0.00987. The molecule has 7 heteroatoms. The van der Waals surface area contributed by atoms with E-state index in [9.17, 15) is 4.79 Å². The number of nitrogens with zero attached hydrogens (tertiary/aromatic N) is 4. The molecule has 3 aromatic rings. The summed E-state index contributed by atoms with van der Waals surface area (Å²) in [4.78, 5) is 14.2. The quantitative estimate of drug-likeness (QED) is 0.769. The van der Waals surface area contributed by atoms with Gasteiger partial charge in [0, 0.05) is 19.1 Å². The van der Waals surface area contributed by atoms with E-state index in [1.54, 1.807) is 6.33 Å². The van der Waals surface area contributed by atoms with Gasteiger partial charge in [0.05, 0.1) is 0 Å². The zero-order valence-corrected chi connectivity index (χ0v) is 13.7. The lowest BCUT2D eigenvalue weighted by Crippen LogP contribution is -2.35. The fraction of sp³-hybridized carbons (Fsp3) is 0.278. The van der Waals surface area contributed by atoms with Crippen LogP contribution in [-0.4, -0.2) is 51.1 Å². The Morgan fingerprint density at radius 1 is 1.20 bits per heavy atom. The van der Waals surface area contributed by atoms with Crippen LogP contribution in [0.25, 0.3) is 5.65 Å². The molecule has 7 nitrogen and oxygen atoms in total. The number of carbonyl (C=O) groups excluding carboxylic acids is 1. The molecule has 0 bridgehead atoms. The Morgan fingerprint density at radius 3 is 2.96 bits per heavy atom. The molecule has 1 atom stereocenters. The van der Waals surface area contributed by atoms with Crippen molar-refractivity contribution in [2.24, 2.45) is 0 Å².